The Labute approximate surface area is 238 Å². The highest BCUT2D eigenvalue weighted by Gasteiger charge is 2.27. The number of halogens is 1. The normalized spacial score (nSPS) is 20.6. The van der Waals surface area contributed by atoms with Gasteiger partial charge in [0.05, 0.1) is 4.90 Å². The Balaban J connectivity index is 0.000000219. The molecule has 0 bridgehead atoms. The molecule has 2 aliphatic heterocycles. The first kappa shape index (κ1) is 33.1. The molecule has 0 aromatic heterocycles. The molecule has 2 heterocycles. The third-order valence-electron chi connectivity index (χ3n) is 6.85. The van der Waals surface area contributed by atoms with Gasteiger partial charge in [0.1, 0.15) is 0 Å². The molecule has 0 unspecified atom stereocenters. The van der Waals surface area contributed by atoms with Crippen LogP contribution in [-0.4, -0.2) is 74.7 Å². The fraction of sp³-hybridized carbons (Fsp3) is 0.767. The number of benzene rings is 1. The molecule has 1 aromatic carbocycles. The molecule has 0 spiro atoms. The molecule has 1 aromatic rings. The van der Waals surface area contributed by atoms with E-state index in [0.717, 1.165) is 51.2 Å². The first-order chi connectivity index (χ1) is 18.3. The lowest BCUT2D eigenvalue weighted by molar-refractivity contribution is -0.131. The number of carbonyl (C=O) groups is 1. The summed E-state index contributed by atoms with van der Waals surface area (Å²) in [6.45, 7) is 9.65. The number of rotatable bonds is 4. The minimum atomic E-state index is -3.30. The topological polar surface area (TPSA) is 60.9 Å². The molecule has 8 heteroatoms. The van der Waals surface area contributed by atoms with E-state index in [9.17, 15) is 13.2 Å². The third kappa shape index (κ3) is 13.8. The highest BCUT2D eigenvalue weighted by molar-refractivity contribution is 7.89. The number of sulfonamides is 1. The molecule has 5 rings (SSSR count). The zero-order chi connectivity index (χ0) is 27.8. The number of nitrogens with zero attached hydrogens (tertiary/aromatic N) is 3. The fourth-order valence-corrected chi connectivity index (χ4v) is 5.83. The van der Waals surface area contributed by atoms with Crippen molar-refractivity contribution < 1.29 is 13.2 Å². The number of amides is 1. The molecule has 0 N–H and O–H groups in total. The van der Waals surface area contributed by atoms with Crippen LogP contribution < -0.4 is 0 Å². The quantitative estimate of drug-likeness (QED) is 0.398. The van der Waals surface area contributed by atoms with Gasteiger partial charge in [0.25, 0.3) is 0 Å². The summed E-state index contributed by atoms with van der Waals surface area (Å²) in [5.41, 5.74) is 0. The van der Waals surface area contributed by atoms with Crippen LogP contribution in [0.4, 0.5) is 0 Å². The maximum Gasteiger partial charge on any atom is 0.243 e. The fourth-order valence-electron chi connectivity index (χ4n) is 4.18. The van der Waals surface area contributed by atoms with Crippen molar-refractivity contribution in [2.24, 2.45) is 5.92 Å². The van der Waals surface area contributed by atoms with Crippen LogP contribution in [0, 0.1) is 5.92 Å². The molecule has 2 saturated carbocycles. The summed E-state index contributed by atoms with van der Waals surface area (Å²) >= 11 is 5.74. The van der Waals surface area contributed by atoms with Gasteiger partial charge in [-0.25, -0.2) is 8.42 Å². The van der Waals surface area contributed by atoms with E-state index in [1.54, 1.807) is 28.6 Å². The molecule has 2 aliphatic carbocycles. The predicted molar refractivity (Wildman–Crippen MR) is 159 cm³/mol. The zero-order valence-electron chi connectivity index (χ0n) is 24.2. The van der Waals surface area contributed by atoms with E-state index in [2.05, 4.69) is 30.7 Å². The van der Waals surface area contributed by atoms with E-state index in [4.69, 9.17) is 11.6 Å². The first-order valence-electron chi connectivity index (χ1n) is 15.0. The second-order valence-electron chi connectivity index (χ2n) is 11.1. The van der Waals surface area contributed by atoms with E-state index in [1.165, 1.54) is 64.3 Å². The van der Waals surface area contributed by atoms with E-state index in [-0.39, 0.29) is 0 Å². The van der Waals surface area contributed by atoms with Crippen molar-refractivity contribution in [2.75, 3.05) is 46.3 Å². The van der Waals surface area contributed by atoms with Crippen molar-refractivity contribution in [3.63, 3.8) is 0 Å². The summed E-state index contributed by atoms with van der Waals surface area (Å²) in [6.07, 6.45) is 15.9. The minimum absolute atomic E-state index is 0.332. The number of hydrogen-bond acceptors (Lipinski definition) is 4. The number of hydrogen-bond donors (Lipinski definition) is 0. The van der Waals surface area contributed by atoms with Crippen molar-refractivity contribution in [3.8, 4) is 0 Å². The van der Waals surface area contributed by atoms with Crippen molar-refractivity contribution in [3.05, 3.63) is 29.3 Å². The number of likely N-dealkylation sites (N-methyl/N-ethyl adjacent to an activating group) is 1. The van der Waals surface area contributed by atoms with Crippen LogP contribution in [0.25, 0.3) is 0 Å². The SMILES string of the molecule is C1CC1.CCC.CN1CCCCCN(C(=O)CC2CC2)CC1.O=S(=O)(c1ccc(Cl)cc1)N1CCCCC1. The van der Waals surface area contributed by atoms with Crippen LogP contribution >= 0.6 is 11.6 Å². The molecular weight excluding hydrogens is 518 g/mol. The molecule has 6 nitrogen and oxygen atoms in total. The van der Waals surface area contributed by atoms with Gasteiger partial charge >= 0.3 is 0 Å². The second kappa shape index (κ2) is 18.2. The van der Waals surface area contributed by atoms with Gasteiger partial charge in [-0.15, -0.1) is 0 Å². The van der Waals surface area contributed by atoms with Crippen LogP contribution in [0.1, 0.15) is 97.3 Å². The van der Waals surface area contributed by atoms with E-state index in [0.29, 0.717) is 28.9 Å². The van der Waals surface area contributed by atoms with Gasteiger partial charge in [-0.2, -0.15) is 4.31 Å². The smallest absolute Gasteiger partial charge is 0.243 e. The van der Waals surface area contributed by atoms with Crippen molar-refractivity contribution in [1.82, 2.24) is 14.1 Å². The van der Waals surface area contributed by atoms with Crippen molar-refractivity contribution >= 4 is 27.5 Å². The summed E-state index contributed by atoms with van der Waals surface area (Å²) in [5.74, 6) is 1.12. The average molecular weight is 570 g/mol. The van der Waals surface area contributed by atoms with Crippen LogP contribution in [0.5, 0.6) is 0 Å². The zero-order valence-corrected chi connectivity index (χ0v) is 25.7. The monoisotopic (exact) mass is 569 g/mol. The highest BCUT2D eigenvalue weighted by atomic mass is 35.5. The largest absolute Gasteiger partial charge is 0.341 e. The Morgan fingerprint density at radius 2 is 1.29 bits per heavy atom. The van der Waals surface area contributed by atoms with Gasteiger partial charge in [-0.05, 0) is 82.3 Å². The third-order valence-corrected chi connectivity index (χ3v) is 9.02. The maximum absolute atomic E-state index is 12.2. The van der Waals surface area contributed by atoms with Gasteiger partial charge in [-0.3, -0.25) is 4.79 Å². The summed E-state index contributed by atoms with van der Waals surface area (Å²) in [5, 5.41) is 0.553. The molecule has 1 amide bonds. The lowest BCUT2D eigenvalue weighted by Crippen LogP contribution is -2.37. The summed E-state index contributed by atoms with van der Waals surface area (Å²) in [7, 11) is -1.14. The molecule has 0 radical (unpaired) electrons. The molecule has 0 atom stereocenters. The first-order valence-corrected chi connectivity index (χ1v) is 16.8. The Morgan fingerprint density at radius 1 is 0.789 bits per heavy atom. The second-order valence-corrected chi connectivity index (χ2v) is 13.5. The lowest BCUT2D eigenvalue weighted by Gasteiger charge is -2.25. The van der Waals surface area contributed by atoms with Crippen LogP contribution in [0.2, 0.25) is 5.02 Å². The van der Waals surface area contributed by atoms with Crippen molar-refractivity contribution in [1.29, 1.82) is 0 Å². The highest BCUT2D eigenvalue weighted by Crippen LogP contribution is 2.33. The minimum Gasteiger partial charge on any atom is -0.341 e. The van der Waals surface area contributed by atoms with Gasteiger partial charge < -0.3 is 9.80 Å². The molecule has 4 fully saturated rings. The van der Waals surface area contributed by atoms with Crippen molar-refractivity contribution in [2.45, 2.75) is 102 Å². The van der Waals surface area contributed by atoms with E-state index >= 15 is 0 Å². The molecule has 2 saturated heterocycles. The van der Waals surface area contributed by atoms with Gasteiger partial charge in [0.2, 0.25) is 15.9 Å². The Morgan fingerprint density at radius 3 is 1.82 bits per heavy atom. The standard InChI is InChI=1S/C13H24N2O.C11H14ClNO2S.C3H6.C3H8/c1-14-7-3-2-4-8-15(10-9-14)13(16)11-12-5-6-12;12-10-4-6-11(7-5-10)16(14,15)13-8-2-1-3-9-13;1-2-3-1;1-3-2/h12H,2-11H2,1H3;4-7H,1-3,8-9H2;1-3H2;3H2,1-2H3. The molecule has 38 heavy (non-hydrogen) atoms. The van der Waals surface area contributed by atoms with Gasteiger partial charge in [0.15, 0.2) is 0 Å². The van der Waals surface area contributed by atoms with Crippen LogP contribution in [0.15, 0.2) is 29.2 Å². The molecule has 4 aliphatic rings. The Hall–Kier alpha value is -1.15. The predicted octanol–water partition coefficient (Wildman–Crippen LogP) is 6.83. The Bertz CT molecular complexity index is 880. The number of carbonyl (C=O) groups excluding carboxylic acids is 1. The average Bonchev–Trinajstić information content (AvgIpc) is 3.82. The molecular formula is C30H52ClN3O3S. The molecule has 218 valence electrons. The lowest BCUT2D eigenvalue weighted by atomic mass is 10.2. The summed E-state index contributed by atoms with van der Waals surface area (Å²) < 4.78 is 25.9. The van der Waals surface area contributed by atoms with Crippen LogP contribution in [-0.2, 0) is 14.8 Å². The Kier molecular flexibility index (Phi) is 15.9. The summed E-state index contributed by atoms with van der Waals surface area (Å²) in [4.78, 5) is 16.8. The summed E-state index contributed by atoms with van der Waals surface area (Å²) in [6, 6.07) is 6.34. The maximum atomic E-state index is 12.2. The number of piperidine rings is 1. The van der Waals surface area contributed by atoms with Gasteiger partial charge in [-0.1, -0.05) is 64.0 Å². The van der Waals surface area contributed by atoms with Crippen LogP contribution in [0.3, 0.4) is 0 Å². The van der Waals surface area contributed by atoms with E-state index in [1.807, 2.05) is 0 Å². The van der Waals surface area contributed by atoms with Gasteiger partial charge in [0, 0.05) is 44.2 Å². The van der Waals surface area contributed by atoms with E-state index < -0.39 is 10.0 Å².